The predicted octanol–water partition coefficient (Wildman–Crippen LogP) is 5.63. The topological polar surface area (TPSA) is 86.8 Å². The van der Waals surface area contributed by atoms with Crippen molar-refractivity contribution in [3.05, 3.63) is 42.0 Å². The molecule has 3 N–H and O–H groups in total. The Labute approximate surface area is 214 Å². The zero-order valence-electron chi connectivity index (χ0n) is 21.5. The molecule has 1 saturated heterocycles. The van der Waals surface area contributed by atoms with Crippen molar-refractivity contribution < 1.29 is 32.5 Å². The van der Waals surface area contributed by atoms with E-state index in [9.17, 15) is 13.2 Å². The van der Waals surface area contributed by atoms with Gasteiger partial charge in [0.1, 0.15) is 0 Å². The molecule has 202 valence electrons. The van der Waals surface area contributed by atoms with Crippen LogP contribution in [0.15, 0.2) is 36.4 Å². The van der Waals surface area contributed by atoms with Crippen molar-refractivity contribution in [1.29, 1.82) is 0 Å². The number of aryl methyl sites for hydroxylation is 1. The van der Waals surface area contributed by atoms with Crippen LogP contribution < -0.4 is 19.7 Å². The summed E-state index contributed by atoms with van der Waals surface area (Å²) in [4.78, 5) is 15.1. The van der Waals surface area contributed by atoms with Crippen LogP contribution >= 0.6 is 0 Å². The highest BCUT2D eigenvalue weighted by atomic mass is 19.4. The number of aliphatic carboxylic acids is 1. The highest BCUT2D eigenvalue weighted by molar-refractivity contribution is 5.93. The fraction of sp³-hybridized carbons (Fsp3) is 0.444. The highest BCUT2D eigenvalue weighted by Crippen LogP contribution is 2.37. The molecule has 1 fully saturated rings. The Morgan fingerprint density at radius 3 is 2.24 bits per heavy atom. The lowest BCUT2D eigenvalue weighted by Crippen LogP contribution is -2.43. The number of nitrogens with zero attached hydrogens (tertiary/aromatic N) is 1. The Hall–Kier alpha value is -3.40. The second kappa shape index (κ2) is 12.2. The second-order valence-corrected chi connectivity index (χ2v) is 8.70. The molecule has 0 amide bonds. The van der Waals surface area contributed by atoms with E-state index in [1.807, 2.05) is 6.07 Å². The molecular formula is C27H34F3N3O4. The number of H-pyrrole nitrogens is 1. The molecule has 0 spiro atoms. The van der Waals surface area contributed by atoms with E-state index in [0.717, 1.165) is 48.8 Å². The van der Waals surface area contributed by atoms with E-state index in [0.29, 0.717) is 6.04 Å². The van der Waals surface area contributed by atoms with Crippen molar-refractivity contribution in [2.24, 2.45) is 0 Å². The summed E-state index contributed by atoms with van der Waals surface area (Å²) in [5.74, 6) is -1.26. The number of piperidine rings is 1. The molecule has 0 radical (unpaired) electrons. The van der Waals surface area contributed by atoms with E-state index in [2.05, 4.69) is 59.4 Å². The van der Waals surface area contributed by atoms with Gasteiger partial charge in [-0.3, -0.25) is 0 Å². The average Bonchev–Trinajstić information content (AvgIpc) is 3.27. The van der Waals surface area contributed by atoms with E-state index >= 15 is 0 Å². The molecule has 0 atom stereocenters. The van der Waals surface area contributed by atoms with Crippen LogP contribution in [0.4, 0.5) is 18.9 Å². The summed E-state index contributed by atoms with van der Waals surface area (Å²) in [5, 5.41) is 11.9. The fourth-order valence-corrected chi connectivity index (χ4v) is 4.79. The number of benzene rings is 2. The summed E-state index contributed by atoms with van der Waals surface area (Å²) in [6.07, 6.45) is -1.71. The number of carbonyl (C=O) groups is 1. The van der Waals surface area contributed by atoms with E-state index in [1.54, 1.807) is 14.2 Å². The van der Waals surface area contributed by atoms with Crippen LogP contribution in [0.3, 0.4) is 0 Å². The summed E-state index contributed by atoms with van der Waals surface area (Å²) in [7, 11) is 3.35. The van der Waals surface area contributed by atoms with E-state index in [-0.39, 0.29) is 0 Å². The maximum atomic E-state index is 10.6. The first kappa shape index (κ1) is 28.2. The number of hydrogen-bond donors (Lipinski definition) is 3. The maximum absolute atomic E-state index is 10.6. The third-order valence-corrected chi connectivity index (χ3v) is 6.58. The average molecular weight is 522 g/mol. The van der Waals surface area contributed by atoms with Gasteiger partial charge >= 0.3 is 12.1 Å². The van der Waals surface area contributed by atoms with Gasteiger partial charge in [-0.25, -0.2) is 4.79 Å². The van der Waals surface area contributed by atoms with Gasteiger partial charge in [-0.15, -0.1) is 0 Å². The van der Waals surface area contributed by atoms with E-state index < -0.39 is 12.1 Å². The molecule has 4 rings (SSSR count). The maximum Gasteiger partial charge on any atom is 0.490 e. The largest absolute Gasteiger partial charge is 0.493 e. The number of aromatic nitrogens is 1. The molecule has 37 heavy (non-hydrogen) atoms. The number of rotatable bonds is 7. The molecular weight excluding hydrogens is 487 g/mol. The summed E-state index contributed by atoms with van der Waals surface area (Å²) in [6, 6.07) is 13.6. The Morgan fingerprint density at radius 1 is 1.05 bits per heavy atom. The minimum absolute atomic E-state index is 0.614. The monoisotopic (exact) mass is 521 g/mol. The quantitative estimate of drug-likeness (QED) is 0.374. The Kier molecular flexibility index (Phi) is 9.31. The van der Waals surface area contributed by atoms with E-state index in [1.165, 1.54) is 35.0 Å². The van der Waals surface area contributed by atoms with Crippen LogP contribution in [0.25, 0.3) is 22.2 Å². The van der Waals surface area contributed by atoms with Crippen LogP contribution in [0, 0.1) is 0 Å². The molecule has 2 heterocycles. The molecule has 1 aromatic heterocycles. The highest BCUT2D eigenvalue weighted by Gasteiger charge is 2.38. The van der Waals surface area contributed by atoms with Gasteiger partial charge in [0.15, 0.2) is 11.5 Å². The van der Waals surface area contributed by atoms with Crippen LogP contribution in [0.1, 0.15) is 32.3 Å². The van der Waals surface area contributed by atoms with Gasteiger partial charge in [-0.2, -0.15) is 13.2 Å². The summed E-state index contributed by atoms with van der Waals surface area (Å²) >= 11 is 0. The zero-order valence-corrected chi connectivity index (χ0v) is 21.5. The second-order valence-electron chi connectivity index (χ2n) is 8.70. The third-order valence-electron chi connectivity index (χ3n) is 6.58. The van der Waals surface area contributed by atoms with Crippen molar-refractivity contribution in [3.63, 3.8) is 0 Å². The Morgan fingerprint density at radius 2 is 1.70 bits per heavy atom. The normalized spacial score (nSPS) is 14.1. The SMILES string of the molecule is CCc1c(-c2ccc(OC)c(OC)c2)[nH]c2ccc(N(CC)C3CCNCC3)cc12.O=C(O)C(F)(F)F. The molecule has 0 saturated carbocycles. The third kappa shape index (κ3) is 6.49. The van der Waals surface area contributed by atoms with Gasteiger partial charge < -0.3 is 29.8 Å². The van der Waals surface area contributed by atoms with Crippen molar-refractivity contribution in [3.8, 4) is 22.8 Å². The number of halogens is 3. The lowest BCUT2D eigenvalue weighted by atomic mass is 10.0. The number of fused-ring (bicyclic) bond motifs is 1. The summed E-state index contributed by atoms with van der Waals surface area (Å²) in [5.41, 5.74) is 6.13. The van der Waals surface area contributed by atoms with Gasteiger partial charge in [0, 0.05) is 40.4 Å². The molecule has 2 aromatic carbocycles. The number of alkyl halides is 3. The molecule has 3 aromatic rings. The van der Waals surface area contributed by atoms with Crippen molar-refractivity contribution in [2.45, 2.75) is 45.3 Å². The lowest BCUT2D eigenvalue weighted by Gasteiger charge is -2.35. The van der Waals surface area contributed by atoms with Crippen LogP contribution in [-0.2, 0) is 11.2 Å². The van der Waals surface area contributed by atoms with Gasteiger partial charge in [-0.05, 0) is 81.2 Å². The molecule has 1 aliphatic rings. The first-order valence-electron chi connectivity index (χ1n) is 12.3. The molecule has 7 nitrogen and oxygen atoms in total. The van der Waals surface area contributed by atoms with Crippen molar-refractivity contribution in [1.82, 2.24) is 10.3 Å². The van der Waals surface area contributed by atoms with E-state index in [4.69, 9.17) is 19.4 Å². The number of nitrogens with one attached hydrogen (secondary N) is 2. The number of ether oxygens (including phenoxy) is 2. The van der Waals surface area contributed by atoms with Crippen LogP contribution in [0.2, 0.25) is 0 Å². The Bertz CT molecular complexity index is 1200. The molecule has 0 bridgehead atoms. The lowest BCUT2D eigenvalue weighted by molar-refractivity contribution is -0.192. The minimum atomic E-state index is -5.08. The van der Waals surface area contributed by atoms with Crippen LogP contribution in [-0.4, -0.2) is 62.1 Å². The fourth-order valence-electron chi connectivity index (χ4n) is 4.79. The number of carboxylic acids is 1. The molecule has 10 heteroatoms. The van der Waals surface area contributed by atoms with Crippen molar-refractivity contribution >= 4 is 22.6 Å². The molecule has 0 aliphatic carbocycles. The predicted molar refractivity (Wildman–Crippen MR) is 139 cm³/mol. The van der Waals surface area contributed by atoms with Gasteiger partial charge in [0.25, 0.3) is 0 Å². The summed E-state index contributed by atoms with van der Waals surface area (Å²) in [6.45, 7) is 7.74. The first-order valence-corrected chi connectivity index (χ1v) is 12.3. The first-order chi connectivity index (χ1) is 17.6. The van der Waals surface area contributed by atoms with Gasteiger partial charge in [0.2, 0.25) is 0 Å². The Balaban J connectivity index is 0.000000479. The van der Waals surface area contributed by atoms with Crippen LogP contribution in [0.5, 0.6) is 11.5 Å². The smallest absolute Gasteiger partial charge is 0.490 e. The molecule has 0 unspecified atom stereocenters. The summed E-state index contributed by atoms with van der Waals surface area (Å²) < 4.78 is 42.7. The van der Waals surface area contributed by atoms with Gasteiger partial charge in [0.05, 0.1) is 14.2 Å². The number of methoxy groups -OCH3 is 2. The minimum Gasteiger partial charge on any atom is -0.493 e. The van der Waals surface area contributed by atoms with Gasteiger partial charge in [-0.1, -0.05) is 6.92 Å². The number of hydrogen-bond acceptors (Lipinski definition) is 5. The number of carboxylic acid groups (broad SMARTS) is 1. The standard InChI is InChI=1S/C25H33N3O2.C2HF3O2/c1-5-20-21-16-19(28(6-2)18-11-13-26-14-12-18)8-9-22(21)27-25(20)17-7-10-23(29-3)24(15-17)30-4;3-2(4,5)1(6)7/h7-10,15-16,18,26-27H,5-6,11-14H2,1-4H3;(H,6,7). The number of aromatic amines is 1. The number of anilines is 1. The zero-order chi connectivity index (χ0) is 27.2. The molecule has 1 aliphatic heterocycles. The van der Waals surface area contributed by atoms with Crippen molar-refractivity contribution in [2.75, 3.05) is 38.8 Å².